The van der Waals surface area contributed by atoms with Gasteiger partial charge in [-0.25, -0.2) is 4.79 Å². The van der Waals surface area contributed by atoms with Crippen molar-refractivity contribution in [3.05, 3.63) is 61.7 Å². The minimum Gasteiger partial charge on any atom is -0.462 e. The minimum atomic E-state index is -0.895. The number of benzene rings is 1. The maximum Gasteiger partial charge on any atom is 0.340 e. The summed E-state index contributed by atoms with van der Waals surface area (Å²) in [4.78, 5) is 35.6. The van der Waals surface area contributed by atoms with Crippen LogP contribution in [0.25, 0.3) is 0 Å². The molecule has 1 heterocycles. The van der Waals surface area contributed by atoms with Gasteiger partial charge in [0.15, 0.2) is 5.78 Å². The number of ether oxygens (including phenoxy) is 2. The number of halogens is 1. The summed E-state index contributed by atoms with van der Waals surface area (Å²) in [6, 6.07) is 3.87. The van der Waals surface area contributed by atoms with Gasteiger partial charge >= 0.3 is 5.97 Å². The van der Waals surface area contributed by atoms with Crippen LogP contribution in [0.1, 0.15) is 37.7 Å². The Balaban J connectivity index is 2.20. The largest absolute Gasteiger partial charge is 0.462 e. The van der Waals surface area contributed by atoms with Crippen molar-refractivity contribution in [3.8, 4) is 0 Å². The number of Topliss-reactive ketones (excluding diaryl/α,β-unsaturated/α-hetero) is 1. The Kier molecular flexibility index (Phi) is 5.18. The fourth-order valence-electron chi connectivity index (χ4n) is 3.34. The third-order valence-corrected chi connectivity index (χ3v) is 4.81. The van der Waals surface area contributed by atoms with E-state index in [1.165, 1.54) is 18.2 Å². The Morgan fingerprint density at radius 2 is 2.19 bits per heavy atom. The van der Waals surface area contributed by atoms with E-state index in [4.69, 9.17) is 26.8 Å². The first kappa shape index (κ1) is 18.9. The number of rotatable bonds is 4. The Labute approximate surface area is 159 Å². The number of allylic oxidation sites excluding steroid dienone is 2. The molecule has 1 atom stereocenters. The van der Waals surface area contributed by atoms with Crippen molar-refractivity contribution in [3.63, 3.8) is 0 Å². The highest BCUT2D eigenvalue weighted by Gasteiger charge is 2.42. The molecular weight excluding hydrogens is 376 g/mol. The lowest BCUT2D eigenvalue weighted by atomic mass is 9.77. The molecule has 3 rings (SSSR count). The van der Waals surface area contributed by atoms with Crippen LogP contribution in [0, 0.1) is 10.1 Å². The lowest BCUT2D eigenvalue weighted by molar-refractivity contribution is -0.384. The molecule has 2 aliphatic rings. The first-order valence-electron chi connectivity index (χ1n) is 8.39. The SMILES string of the molecule is CCOC(=O)C1=C(N)OC2=C(C(=O)CCC2)[C@H]1c1ccc([N+](=O)[O-])cc1Cl. The number of ketones is 1. The quantitative estimate of drug-likeness (QED) is 0.474. The van der Waals surface area contributed by atoms with E-state index in [-0.39, 0.29) is 34.6 Å². The molecule has 8 nitrogen and oxygen atoms in total. The smallest absolute Gasteiger partial charge is 0.340 e. The summed E-state index contributed by atoms with van der Waals surface area (Å²) >= 11 is 6.29. The number of nitro groups is 1. The molecular formula is C18H17ClN2O6. The molecule has 2 N–H and O–H groups in total. The first-order valence-corrected chi connectivity index (χ1v) is 8.77. The van der Waals surface area contributed by atoms with Crippen LogP contribution in [0.5, 0.6) is 0 Å². The molecule has 0 bridgehead atoms. The monoisotopic (exact) mass is 392 g/mol. The Morgan fingerprint density at radius 3 is 2.81 bits per heavy atom. The van der Waals surface area contributed by atoms with Crippen molar-refractivity contribution in [1.82, 2.24) is 0 Å². The highest BCUT2D eigenvalue weighted by Crippen LogP contribution is 2.46. The van der Waals surface area contributed by atoms with Gasteiger partial charge in [0.05, 0.1) is 22.5 Å². The normalized spacial score (nSPS) is 19.5. The highest BCUT2D eigenvalue weighted by atomic mass is 35.5. The van der Waals surface area contributed by atoms with Crippen molar-refractivity contribution in [1.29, 1.82) is 0 Å². The van der Waals surface area contributed by atoms with Gasteiger partial charge in [-0.15, -0.1) is 0 Å². The fourth-order valence-corrected chi connectivity index (χ4v) is 3.62. The average molecular weight is 393 g/mol. The molecule has 1 aliphatic carbocycles. The van der Waals surface area contributed by atoms with Gasteiger partial charge in [-0.05, 0) is 25.0 Å². The third-order valence-electron chi connectivity index (χ3n) is 4.49. The van der Waals surface area contributed by atoms with Gasteiger partial charge in [0.2, 0.25) is 5.88 Å². The second-order valence-electron chi connectivity index (χ2n) is 6.11. The summed E-state index contributed by atoms with van der Waals surface area (Å²) in [6.07, 6.45) is 1.42. The number of nitro benzene ring substituents is 1. The molecule has 0 saturated carbocycles. The van der Waals surface area contributed by atoms with E-state index in [2.05, 4.69) is 0 Å². The standard InChI is InChI=1S/C18H17ClN2O6/c1-2-26-18(23)16-14(10-7-6-9(21(24)25)8-11(10)19)15-12(22)4-3-5-13(15)27-17(16)20/h6-8,14H,2-5,20H2,1H3/t14-/m1/s1. The van der Waals surface area contributed by atoms with E-state index in [9.17, 15) is 19.7 Å². The van der Waals surface area contributed by atoms with Gasteiger partial charge in [-0.2, -0.15) is 0 Å². The zero-order chi connectivity index (χ0) is 19.7. The number of carbonyl (C=O) groups is 2. The van der Waals surface area contributed by atoms with Gasteiger partial charge in [0, 0.05) is 30.5 Å². The molecule has 0 aromatic heterocycles. The van der Waals surface area contributed by atoms with Gasteiger partial charge < -0.3 is 15.2 Å². The predicted molar refractivity (Wildman–Crippen MR) is 95.7 cm³/mol. The Morgan fingerprint density at radius 1 is 1.44 bits per heavy atom. The van der Waals surface area contributed by atoms with Crippen LogP contribution in [0.3, 0.4) is 0 Å². The van der Waals surface area contributed by atoms with Crippen molar-refractivity contribution < 1.29 is 24.0 Å². The highest BCUT2D eigenvalue weighted by molar-refractivity contribution is 6.32. The summed E-state index contributed by atoms with van der Waals surface area (Å²) in [7, 11) is 0. The molecule has 0 fully saturated rings. The molecule has 0 spiro atoms. The van der Waals surface area contributed by atoms with E-state index < -0.39 is 16.8 Å². The molecule has 1 aromatic carbocycles. The van der Waals surface area contributed by atoms with E-state index in [1.54, 1.807) is 6.92 Å². The molecule has 1 aliphatic heterocycles. The number of non-ortho nitro benzene ring substituents is 1. The number of esters is 1. The van der Waals surface area contributed by atoms with E-state index in [1.807, 2.05) is 0 Å². The number of hydrogen-bond donors (Lipinski definition) is 1. The molecule has 9 heteroatoms. The van der Waals surface area contributed by atoms with E-state index in [0.29, 0.717) is 36.2 Å². The number of carbonyl (C=O) groups excluding carboxylic acids is 2. The topological polar surface area (TPSA) is 122 Å². The summed E-state index contributed by atoms with van der Waals surface area (Å²) in [5.74, 6) is -1.55. The van der Waals surface area contributed by atoms with Crippen molar-refractivity contribution in [2.45, 2.75) is 32.1 Å². The Bertz CT molecular complexity index is 905. The second kappa shape index (κ2) is 7.40. The number of hydrogen-bond acceptors (Lipinski definition) is 7. The van der Waals surface area contributed by atoms with Crippen LogP contribution < -0.4 is 5.73 Å². The van der Waals surface area contributed by atoms with Crippen LogP contribution in [-0.2, 0) is 19.1 Å². The number of nitrogens with zero attached hydrogens (tertiary/aromatic N) is 1. The van der Waals surface area contributed by atoms with E-state index >= 15 is 0 Å². The molecule has 0 radical (unpaired) electrons. The van der Waals surface area contributed by atoms with Crippen LogP contribution in [0.4, 0.5) is 5.69 Å². The molecule has 0 saturated heterocycles. The summed E-state index contributed by atoms with van der Waals surface area (Å²) in [5, 5.41) is 11.0. The van der Waals surface area contributed by atoms with Gasteiger partial charge in [-0.1, -0.05) is 11.6 Å². The van der Waals surface area contributed by atoms with Crippen molar-refractivity contribution in [2.75, 3.05) is 6.61 Å². The third kappa shape index (κ3) is 3.40. The lowest BCUT2D eigenvalue weighted by Gasteiger charge is -2.32. The van der Waals surface area contributed by atoms with Gasteiger partial charge in [0.25, 0.3) is 5.69 Å². The molecule has 0 unspecified atom stereocenters. The Hall–Kier alpha value is -2.87. The zero-order valence-electron chi connectivity index (χ0n) is 14.5. The average Bonchev–Trinajstić information content (AvgIpc) is 2.60. The van der Waals surface area contributed by atoms with Crippen molar-refractivity contribution in [2.24, 2.45) is 5.73 Å². The van der Waals surface area contributed by atoms with Crippen LogP contribution in [0.2, 0.25) is 5.02 Å². The van der Waals surface area contributed by atoms with Gasteiger partial charge in [-0.3, -0.25) is 14.9 Å². The van der Waals surface area contributed by atoms with Crippen LogP contribution in [0.15, 0.2) is 41.0 Å². The van der Waals surface area contributed by atoms with Gasteiger partial charge in [0.1, 0.15) is 11.3 Å². The molecule has 27 heavy (non-hydrogen) atoms. The minimum absolute atomic E-state index is 0.0263. The maximum atomic E-state index is 12.6. The van der Waals surface area contributed by atoms with Crippen LogP contribution >= 0.6 is 11.6 Å². The maximum absolute atomic E-state index is 12.6. The second-order valence-corrected chi connectivity index (χ2v) is 6.52. The molecule has 142 valence electrons. The summed E-state index contributed by atoms with van der Waals surface area (Å²) < 4.78 is 10.6. The first-order chi connectivity index (χ1) is 12.8. The predicted octanol–water partition coefficient (Wildman–Crippen LogP) is 3.10. The molecule has 1 aromatic rings. The van der Waals surface area contributed by atoms with Crippen molar-refractivity contribution >= 4 is 29.0 Å². The molecule has 0 amide bonds. The lowest BCUT2D eigenvalue weighted by Crippen LogP contribution is -2.31. The summed E-state index contributed by atoms with van der Waals surface area (Å²) in [5.41, 5.74) is 6.41. The number of nitrogens with two attached hydrogens (primary N) is 1. The zero-order valence-corrected chi connectivity index (χ0v) is 15.2. The van der Waals surface area contributed by atoms with Crippen LogP contribution in [-0.4, -0.2) is 23.3 Å². The van der Waals surface area contributed by atoms with E-state index in [0.717, 1.165) is 0 Å². The summed E-state index contributed by atoms with van der Waals surface area (Å²) in [6.45, 7) is 1.75. The fraction of sp³-hybridized carbons (Fsp3) is 0.333.